The van der Waals surface area contributed by atoms with Gasteiger partial charge in [-0.05, 0) is 49.7 Å². The Morgan fingerprint density at radius 3 is 2.19 bits per heavy atom. The summed E-state index contributed by atoms with van der Waals surface area (Å²) in [5.41, 5.74) is 0.843. The summed E-state index contributed by atoms with van der Waals surface area (Å²) in [7, 11) is -3.92. The molecule has 0 aliphatic carbocycles. The molecule has 6 heteroatoms. The SMILES string of the molecule is CC(=O)c1cc(C(c2ccccc2)S(=O)(=O)c2ccc(F)cc2)oc1C. The van der Waals surface area contributed by atoms with E-state index in [2.05, 4.69) is 0 Å². The number of hydrogen-bond acceptors (Lipinski definition) is 4. The van der Waals surface area contributed by atoms with Crippen molar-refractivity contribution in [2.45, 2.75) is 24.0 Å². The van der Waals surface area contributed by atoms with Gasteiger partial charge in [-0.2, -0.15) is 0 Å². The maximum Gasteiger partial charge on any atom is 0.192 e. The van der Waals surface area contributed by atoms with Crippen LogP contribution in [0, 0.1) is 12.7 Å². The molecule has 0 saturated heterocycles. The fourth-order valence-electron chi connectivity index (χ4n) is 2.87. The van der Waals surface area contributed by atoms with Crippen molar-refractivity contribution in [2.24, 2.45) is 0 Å². The summed E-state index contributed by atoms with van der Waals surface area (Å²) in [6.45, 7) is 3.01. The van der Waals surface area contributed by atoms with Gasteiger partial charge >= 0.3 is 0 Å². The lowest BCUT2D eigenvalue weighted by Crippen LogP contribution is -2.15. The van der Waals surface area contributed by atoms with Crippen LogP contribution >= 0.6 is 0 Å². The van der Waals surface area contributed by atoms with Crippen molar-refractivity contribution in [1.29, 1.82) is 0 Å². The number of halogens is 1. The predicted molar refractivity (Wildman–Crippen MR) is 95.3 cm³/mol. The van der Waals surface area contributed by atoms with Crippen molar-refractivity contribution in [3.63, 3.8) is 0 Å². The molecule has 0 bridgehead atoms. The average Bonchev–Trinajstić information content (AvgIpc) is 2.97. The van der Waals surface area contributed by atoms with E-state index in [4.69, 9.17) is 4.42 Å². The van der Waals surface area contributed by atoms with Gasteiger partial charge in [-0.3, -0.25) is 4.79 Å². The number of aryl methyl sites for hydroxylation is 1. The predicted octanol–water partition coefficient (Wildman–Crippen LogP) is 4.49. The lowest BCUT2D eigenvalue weighted by atomic mass is 10.1. The highest BCUT2D eigenvalue weighted by molar-refractivity contribution is 7.91. The molecule has 0 aliphatic heterocycles. The molecule has 0 saturated carbocycles. The molecule has 3 aromatic rings. The Morgan fingerprint density at radius 2 is 1.65 bits per heavy atom. The van der Waals surface area contributed by atoms with Crippen LogP contribution in [0.25, 0.3) is 0 Å². The Bertz CT molecular complexity index is 1040. The number of sulfone groups is 1. The van der Waals surface area contributed by atoms with Gasteiger partial charge in [0.05, 0.1) is 10.5 Å². The number of carbonyl (C=O) groups excluding carboxylic acids is 1. The summed E-state index contributed by atoms with van der Waals surface area (Å²) in [6, 6.07) is 14.7. The van der Waals surface area contributed by atoms with Crippen LogP contribution in [-0.4, -0.2) is 14.2 Å². The molecule has 0 spiro atoms. The molecule has 3 rings (SSSR count). The van der Waals surface area contributed by atoms with Gasteiger partial charge in [-0.1, -0.05) is 30.3 Å². The Balaban J connectivity index is 2.21. The minimum Gasteiger partial charge on any atom is -0.464 e. The summed E-state index contributed by atoms with van der Waals surface area (Å²) >= 11 is 0. The van der Waals surface area contributed by atoms with Gasteiger partial charge in [-0.25, -0.2) is 12.8 Å². The number of hydrogen-bond donors (Lipinski definition) is 0. The molecule has 0 fully saturated rings. The molecule has 0 N–H and O–H groups in total. The van der Waals surface area contributed by atoms with E-state index < -0.39 is 20.9 Å². The molecule has 0 amide bonds. The molecule has 1 unspecified atom stereocenters. The first-order valence-electron chi connectivity index (χ1n) is 7.96. The number of ketones is 1. The van der Waals surface area contributed by atoms with E-state index in [1.165, 1.54) is 25.1 Å². The summed E-state index contributed by atoms with van der Waals surface area (Å²) < 4.78 is 45.4. The third kappa shape index (κ3) is 3.32. The van der Waals surface area contributed by atoms with E-state index >= 15 is 0 Å². The smallest absolute Gasteiger partial charge is 0.192 e. The van der Waals surface area contributed by atoms with Gasteiger partial charge in [0.25, 0.3) is 0 Å². The molecule has 4 nitrogen and oxygen atoms in total. The summed E-state index contributed by atoms with van der Waals surface area (Å²) in [4.78, 5) is 11.7. The first-order chi connectivity index (χ1) is 12.3. The molecule has 1 aromatic heterocycles. The minimum atomic E-state index is -3.92. The minimum absolute atomic E-state index is 0.0221. The Morgan fingerprint density at radius 1 is 1.04 bits per heavy atom. The number of benzene rings is 2. The number of furan rings is 1. The largest absolute Gasteiger partial charge is 0.464 e. The normalized spacial score (nSPS) is 12.7. The van der Waals surface area contributed by atoms with Crippen LogP contribution in [0.5, 0.6) is 0 Å². The van der Waals surface area contributed by atoms with Crippen molar-refractivity contribution >= 4 is 15.6 Å². The van der Waals surface area contributed by atoms with Crippen molar-refractivity contribution < 1.29 is 22.0 Å². The molecule has 1 heterocycles. The van der Waals surface area contributed by atoms with E-state index in [9.17, 15) is 17.6 Å². The second-order valence-corrected chi connectivity index (χ2v) is 8.00. The maximum atomic E-state index is 13.3. The van der Waals surface area contributed by atoms with Gasteiger partial charge in [0.1, 0.15) is 22.6 Å². The van der Waals surface area contributed by atoms with Crippen LogP contribution in [0.2, 0.25) is 0 Å². The standard InChI is InChI=1S/C20H17FO4S/c1-13(22)18-12-19(25-14(18)2)20(15-6-4-3-5-7-15)26(23,24)17-10-8-16(21)9-11-17/h3-12,20H,1-2H3. The molecule has 0 radical (unpaired) electrons. The first kappa shape index (κ1) is 18.1. The summed E-state index contributed by atoms with van der Waals surface area (Å²) in [5, 5.41) is -1.14. The summed E-state index contributed by atoms with van der Waals surface area (Å²) in [5.74, 6) is -0.206. The lowest BCUT2D eigenvalue weighted by molar-refractivity contribution is 0.101. The maximum absolute atomic E-state index is 13.3. The van der Waals surface area contributed by atoms with E-state index in [0.717, 1.165) is 12.1 Å². The molecule has 26 heavy (non-hydrogen) atoms. The lowest BCUT2D eigenvalue weighted by Gasteiger charge is -2.16. The van der Waals surface area contributed by atoms with Gasteiger partial charge < -0.3 is 4.42 Å². The summed E-state index contributed by atoms with van der Waals surface area (Å²) in [6.07, 6.45) is 0. The van der Waals surface area contributed by atoms with Crippen molar-refractivity contribution in [2.75, 3.05) is 0 Å². The molecular formula is C20H17FO4S. The topological polar surface area (TPSA) is 64.3 Å². The van der Waals surface area contributed by atoms with E-state index in [0.29, 0.717) is 16.9 Å². The second kappa shape index (κ2) is 6.88. The van der Waals surface area contributed by atoms with Crippen LogP contribution in [-0.2, 0) is 9.84 Å². The van der Waals surface area contributed by atoms with Crippen LogP contribution in [0.4, 0.5) is 4.39 Å². The van der Waals surface area contributed by atoms with Crippen LogP contribution in [0.3, 0.4) is 0 Å². The zero-order chi connectivity index (χ0) is 18.9. The van der Waals surface area contributed by atoms with E-state index in [1.54, 1.807) is 37.3 Å². The van der Waals surface area contributed by atoms with Crippen molar-refractivity contribution in [1.82, 2.24) is 0 Å². The third-order valence-corrected chi connectivity index (χ3v) is 6.18. The third-order valence-electron chi connectivity index (χ3n) is 4.13. The highest BCUT2D eigenvalue weighted by atomic mass is 32.2. The van der Waals surface area contributed by atoms with Gasteiger partial charge in [0, 0.05) is 0 Å². The molecular weight excluding hydrogens is 355 g/mol. The molecule has 2 aromatic carbocycles. The highest BCUT2D eigenvalue weighted by Crippen LogP contribution is 2.37. The van der Waals surface area contributed by atoms with Crippen LogP contribution in [0.15, 0.2) is 70.0 Å². The Labute approximate surface area is 151 Å². The quantitative estimate of drug-likeness (QED) is 0.489. The first-order valence-corrected chi connectivity index (χ1v) is 9.51. The van der Waals surface area contributed by atoms with Crippen molar-refractivity contribution in [3.8, 4) is 0 Å². The zero-order valence-electron chi connectivity index (χ0n) is 14.3. The van der Waals surface area contributed by atoms with Gasteiger partial charge in [-0.15, -0.1) is 0 Å². The zero-order valence-corrected chi connectivity index (χ0v) is 15.1. The van der Waals surface area contributed by atoms with Crippen molar-refractivity contribution in [3.05, 3.63) is 89.1 Å². The molecule has 134 valence electrons. The van der Waals surface area contributed by atoms with E-state index in [-0.39, 0.29) is 16.4 Å². The van der Waals surface area contributed by atoms with Gasteiger partial charge in [0.15, 0.2) is 15.6 Å². The molecule has 1 atom stereocenters. The van der Waals surface area contributed by atoms with Crippen LogP contribution < -0.4 is 0 Å². The monoisotopic (exact) mass is 372 g/mol. The van der Waals surface area contributed by atoms with E-state index in [1.807, 2.05) is 0 Å². The number of rotatable bonds is 5. The fourth-order valence-corrected chi connectivity index (χ4v) is 4.59. The molecule has 0 aliphatic rings. The van der Waals surface area contributed by atoms with Crippen LogP contribution in [0.1, 0.15) is 39.6 Å². The average molecular weight is 372 g/mol. The Kier molecular flexibility index (Phi) is 4.78. The second-order valence-electron chi connectivity index (χ2n) is 5.96. The van der Waals surface area contributed by atoms with Gasteiger partial charge in [0.2, 0.25) is 0 Å². The number of Topliss-reactive ketones (excluding diaryl/α,β-unsaturated/α-hetero) is 1. The fraction of sp³-hybridized carbons (Fsp3) is 0.150. The number of carbonyl (C=O) groups is 1. The highest BCUT2D eigenvalue weighted by Gasteiger charge is 2.34. The Hall–Kier alpha value is -2.73.